The largest absolute Gasteiger partial charge is 0.416 e. The van der Waals surface area contributed by atoms with E-state index in [9.17, 15) is 4.79 Å². The number of hydrogen-bond donors (Lipinski definition) is 2. The fourth-order valence-electron chi connectivity index (χ4n) is 0.696. The molecule has 0 saturated heterocycles. The third-order valence-electron chi connectivity index (χ3n) is 1.18. The lowest BCUT2D eigenvalue weighted by Crippen LogP contribution is -2.39. The van der Waals surface area contributed by atoms with Gasteiger partial charge in [-0.05, 0) is 13.2 Å². The predicted octanol–water partition coefficient (Wildman–Crippen LogP) is 0.970. The van der Waals surface area contributed by atoms with Crippen molar-refractivity contribution in [2.24, 2.45) is 0 Å². The summed E-state index contributed by atoms with van der Waals surface area (Å²) in [5, 5.41) is 11.3. The lowest BCUT2D eigenvalue weighted by atomic mass is 10.4. The van der Waals surface area contributed by atoms with E-state index >= 15 is 0 Å². The Hall–Kier alpha value is -0.680. The second-order valence-corrected chi connectivity index (χ2v) is 3.48. The summed E-state index contributed by atoms with van der Waals surface area (Å²) >= 11 is 1.54. The fourth-order valence-corrected chi connectivity index (χ4v) is 1.29. The highest BCUT2D eigenvalue weighted by Gasteiger charge is 2.11. The molecular weight excluding hydrogens is 190 g/mol. The molecule has 76 valence electrons. The molecule has 4 nitrogen and oxygen atoms in total. The van der Waals surface area contributed by atoms with E-state index in [4.69, 9.17) is 5.11 Å². The summed E-state index contributed by atoms with van der Waals surface area (Å²) in [6.07, 6.45) is 1.33. The number of nitrogens with one attached hydrogen (secondary N) is 1. The number of ether oxygens (including phenoxy) is 1. The molecule has 0 aromatic heterocycles. The second kappa shape index (κ2) is 6.80. The average molecular weight is 205 g/mol. The number of allylic oxidation sites excluding steroid dienone is 1. The number of rotatable bonds is 5. The zero-order valence-electron chi connectivity index (χ0n) is 7.87. The van der Waals surface area contributed by atoms with E-state index in [1.807, 2.05) is 6.26 Å². The molecule has 0 aromatic rings. The molecule has 2 N–H and O–H groups in total. The number of carbonyl (C=O) groups is 1. The number of aliphatic hydroxyl groups is 1. The molecule has 13 heavy (non-hydrogen) atoms. The van der Waals surface area contributed by atoms with Gasteiger partial charge in [0.05, 0.1) is 18.4 Å². The maximum absolute atomic E-state index is 11.0. The van der Waals surface area contributed by atoms with E-state index in [2.05, 4.69) is 16.6 Å². The Bertz CT molecular complexity index is 184. The maximum atomic E-state index is 11.0. The van der Waals surface area contributed by atoms with Crippen LogP contribution in [0, 0.1) is 0 Å². The third kappa shape index (κ3) is 6.48. The fraction of sp³-hybridized carbons (Fsp3) is 0.625. The molecule has 1 atom stereocenters. The molecule has 0 radical (unpaired) electrons. The third-order valence-corrected chi connectivity index (χ3v) is 1.91. The Morgan fingerprint density at radius 3 is 2.77 bits per heavy atom. The first-order chi connectivity index (χ1) is 6.10. The second-order valence-electron chi connectivity index (χ2n) is 2.57. The van der Waals surface area contributed by atoms with Gasteiger partial charge in [-0.15, -0.1) is 0 Å². The molecule has 1 amide bonds. The minimum absolute atomic E-state index is 0.0911. The van der Waals surface area contributed by atoms with Crippen molar-refractivity contribution in [3.63, 3.8) is 0 Å². The van der Waals surface area contributed by atoms with Crippen LogP contribution in [0.5, 0.6) is 0 Å². The normalized spacial score (nSPS) is 11.9. The number of hydrogen-bond acceptors (Lipinski definition) is 4. The monoisotopic (exact) mass is 205 g/mol. The van der Waals surface area contributed by atoms with Crippen LogP contribution in [0.15, 0.2) is 12.3 Å². The van der Waals surface area contributed by atoms with E-state index in [-0.39, 0.29) is 12.6 Å². The molecule has 0 aliphatic heterocycles. The van der Waals surface area contributed by atoms with Crippen molar-refractivity contribution in [1.29, 1.82) is 0 Å². The molecule has 5 heteroatoms. The van der Waals surface area contributed by atoms with Gasteiger partial charge in [0.1, 0.15) is 0 Å². The Kier molecular flexibility index (Phi) is 6.44. The van der Waals surface area contributed by atoms with Crippen molar-refractivity contribution in [2.75, 3.05) is 18.6 Å². The average Bonchev–Trinajstić information content (AvgIpc) is 2.02. The van der Waals surface area contributed by atoms with Crippen LogP contribution in [-0.4, -0.2) is 35.9 Å². The van der Waals surface area contributed by atoms with Crippen molar-refractivity contribution < 1.29 is 14.6 Å². The zero-order valence-corrected chi connectivity index (χ0v) is 8.69. The SMILES string of the molecule is C=C(C)OC(=O)N[C@H](CO)CSC. The van der Waals surface area contributed by atoms with Crippen LogP contribution in [0.2, 0.25) is 0 Å². The van der Waals surface area contributed by atoms with Gasteiger partial charge in [-0.3, -0.25) is 0 Å². The Morgan fingerprint density at radius 1 is 1.77 bits per heavy atom. The van der Waals surface area contributed by atoms with Crippen molar-refractivity contribution in [2.45, 2.75) is 13.0 Å². The number of aliphatic hydroxyl groups excluding tert-OH is 1. The van der Waals surface area contributed by atoms with Gasteiger partial charge >= 0.3 is 6.09 Å². The minimum Gasteiger partial charge on any atom is -0.416 e. The van der Waals surface area contributed by atoms with Crippen LogP contribution >= 0.6 is 11.8 Å². The van der Waals surface area contributed by atoms with Gasteiger partial charge in [0.25, 0.3) is 0 Å². The van der Waals surface area contributed by atoms with Crippen LogP contribution in [-0.2, 0) is 4.74 Å². The molecule has 0 heterocycles. The van der Waals surface area contributed by atoms with Crippen LogP contribution < -0.4 is 5.32 Å². The quantitative estimate of drug-likeness (QED) is 0.657. The van der Waals surface area contributed by atoms with E-state index in [1.54, 1.807) is 18.7 Å². The van der Waals surface area contributed by atoms with E-state index in [0.717, 1.165) is 0 Å². The summed E-state index contributed by atoms with van der Waals surface area (Å²) in [5.41, 5.74) is 0. The summed E-state index contributed by atoms with van der Waals surface area (Å²) in [6.45, 7) is 4.92. The van der Waals surface area contributed by atoms with Crippen LogP contribution in [0.4, 0.5) is 4.79 Å². The van der Waals surface area contributed by atoms with Gasteiger partial charge < -0.3 is 15.2 Å². The van der Waals surface area contributed by atoms with Gasteiger partial charge in [-0.25, -0.2) is 4.79 Å². The van der Waals surface area contributed by atoms with Crippen LogP contribution in [0.1, 0.15) is 6.92 Å². The smallest absolute Gasteiger partial charge is 0.412 e. The number of alkyl carbamates (subject to hydrolysis) is 1. The minimum atomic E-state index is -0.569. The Balaban J connectivity index is 3.79. The van der Waals surface area contributed by atoms with Gasteiger partial charge in [0.15, 0.2) is 0 Å². The summed E-state index contributed by atoms with van der Waals surface area (Å²) < 4.78 is 4.66. The highest BCUT2D eigenvalue weighted by molar-refractivity contribution is 7.98. The van der Waals surface area contributed by atoms with Gasteiger partial charge in [-0.2, -0.15) is 11.8 Å². The molecule has 0 rings (SSSR count). The number of carbonyl (C=O) groups excluding carboxylic acids is 1. The molecular formula is C8H15NO3S. The van der Waals surface area contributed by atoms with Gasteiger partial charge in [-0.1, -0.05) is 6.58 Å². The molecule has 0 fully saturated rings. The topological polar surface area (TPSA) is 58.6 Å². The summed E-state index contributed by atoms with van der Waals surface area (Å²) in [4.78, 5) is 11.0. The standard InChI is InChI=1S/C8H15NO3S/c1-6(2)12-8(11)9-7(4-10)5-13-3/h7,10H,1,4-5H2,2-3H3,(H,9,11)/t7-/m1/s1. The first kappa shape index (κ1) is 12.3. The van der Waals surface area contributed by atoms with Crippen molar-refractivity contribution in [3.05, 3.63) is 12.3 Å². The van der Waals surface area contributed by atoms with Crippen LogP contribution in [0.3, 0.4) is 0 Å². The van der Waals surface area contributed by atoms with Gasteiger partial charge in [0.2, 0.25) is 0 Å². The summed E-state index contributed by atoms with van der Waals surface area (Å²) in [6, 6.07) is -0.262. The van der Waals surface area contributed by atoms with Crippen LogP contribution in [0.25, 0.3) is 0 Å². The lowest BCUT2D eigenvalue weighted by Gasteiger charge is -2.14. The first-order valence-corrected chi connectivity index (χ1v) is 5.23. The maximum Gasteiger partial charge on any atom is 0.412 e. The molecule has 0 unspecified atom stereocenters. The van der Waals surface area contributed by atoms with Gasteiger partial charge in [0, 0.05) is 5.75 Å². The first-order valence-electron chi connectivity index (χ1n) is 3.83. The van der Waals surface area contributed by atoms with E-state index < -0.39 is 6.09 Å². The van der Waals surface area contributed by atoms with E-state index in [1.165, 1.54) is 0 Å². The highest BCUT2D eigenvalue weighted by atomic mass is 32.2. The molecule has 0 aromatic carbocycles. The summed E-state index contributed by atoms with van der Waals surface area (Å²) in [7, 11) is 0. The Morgan fingerprint density at radius 2 is 2.38 bits per heavy atom. The number of thioether (sulfide) groups is 1. The molecule has 0 saturated carbocycles. The van der Waals surface area contributed by atoms with E-state index in [0.29, 0.717) is 11.5 Å². The zero-order chi connectivity index (χ0) is 10.3. The lowest BCUT2D eigenvalue weighted by molar-refractivity contribution is 0.165. The highest BCUT2D eigenvalue weighted by Crippen LogP contribution is 1.98. The molecule has 0 spiro atoms. The number of amides is 1. The molecule has 0 bridgehead atoms. The molecule has 0 aliphatic carbocycles. The van der Waals surface area contributed by atoms with Crippen molar-refractivity contribution >= 4 is 17.9 Å². The predicted molar refractivity (Wildman–Crippen MR) is 53.7 cm³/mol. The Labute approximate surface area is 82.3 Å². The summed E-state index contributed by atoms with van der Waals surface area (Å²) in [5.74, 6) is 0.986. The van der Waals surface area contributed by atoms with Crippen molar-refractivity contribution in [1.82, 2.24) is 5.32 Å². The molecule has 0 aliphatic rings. The van der Waals surface area contributed by atoms with Crippen molar-refractivity contribution in [3.8, 4) is 0 Å².